The molecular formula is C22H17F3N4O2. The van der Waals surface area contributed by atoms with Crippen LogP contribution in [0.2, 0.25) is 0 Å². The molecule has 3 aromatic heterocycles. The molecule has 158 valence electrons. The van der Waals surface area contributed by atoms with Crippen LogP contribution in [0, 0.1) is 0 Å². The summed E-state index contributed by atoms with van der Waals surface area (Å²) in [5, 5.41) is 0. The summed E-state index contributed by atoms with van der Waals surface area (Å²) in [4.78, 5) is 23.7. The fourth-order valence-electron chi connectivity index (χ4n) is 3.98. The second-order valence-corrected chi connectivity index (χ2v) is 7.40. The van der Waals surface area contributed by atoms with Gasteiger partial charge in [-0.05, 0) is 55.0 Å². The molecule has 1 aliphatic heterocycles. The summed E-state index contributed by atoms with van der Waals surface area (Å²) in [5.74, 6) is 0.936. The van der Waals surface area contributed by atoms with Gasteiger partial charge in [0, 0.05) is 24.8 Å². The third-order valence-corrected chi connectivity index (χ3v) is 5.47. The van der Waals surface area contributed by atoms with Crippen molar-refractivity contribution >= 4 is 17.1 Å². The number of nitrogens with zero attached hydrogens (tertiary/aromatic N) is 4. The molecule has 0 N–H and O–H groups in total. The summed E-state index contributed by atoms with van der Waals surface area (Å²) >= 11 is 0. The van der Waals surface area contributed by atoms with Crippen molar-refractivity contribution in [2.45, 2.75) is 18.6 Å². The molecule has 4 heterocycles. The predicted molar refractivity (Wildman–Crippen MR) is 106 cm³/mol. The van der Waals surface area contributed by atoms with Gasteiger partial charge in [-0.25, -0.2) is 9.97 Å². The van der Waals surface area contributed by atoms with E-state index < -0.39 is 11.7 Å². The van der Waals surface area contributed by atoms with E-state index in [1.807, 2.05) is 16.7 Å². The Morgan fingerprint density at radius 3 is 2.61 bits per heavy atom. The summed E-state index contributed by atoms with van der Waals surface area (Å²) in [7, 11) is 0. The zero-order valence-electron chi connectivity index (χ0n) is 16.2. The first-order chi connectivity index (χ1) is 14.9. The number of benzene rings is 1. The highest BCUT2D eigenvalue weighted by Gasteiger charge is 2.33. The van der Waals surface area contributed by atoms with Gasteiger partial charge in [0.2, 0.25) is 0 Å². The quantitative estimate of drug-likeness (QED) is 0.472. The van der Waals surface area contributed by atoms with Crippen molar-refractivity contribution in [3.63, 3.8) is 0 Å². The molecule has 5 rings (SSSR count). The van der Waals surface area contributed by atoms with E-state index in [4.69, 9.17) is 4.42 Å². The van der Waals surface area contributed by atoms with Crippen LogP contribution in [-0.2, 0) is 6.18 Å². The SMILES string of the molecule is O=C(c1ccc(C(F)(F)F)cc1)N1CC[C@H](n2c(-c3ccco3)nc3cccnc32)C1. The minimum atomic E-state index is -4.43. The summed E-state index contributed by atoms with van der Waals surface area (Å²) in [6.45, 7) is 0.879. The van der Waals surface area contributed by atoms with Gasteiger partial charge in [-0.2, -0.15) is 13.2 Å². The van der Waals surface area contributed by atoms with Crippen LogP contribution in [0.25, 0.3) is 22.7 Å². The number of aromatic nitrogens is 3. The molecular weight excluding hydrogens is 409 g/mol. The molecule has 0 radical (unpaired) electrons. The van der Waals surface area contributed by atoms with Crippen molar-refractivity contribution < 1.29 is 22.4 Å². The molecule has 1 amide bonds. The lowest BCUT2D eigenvalue weighted by atomic mass is 10.1. The summed E-state index contributed by atoms with van der Waals surface area (Å²) in [6.07, 6.45) is -0.506. The number of halogens is 3. The van der Waals surface area contributed by atoms with Crippen LogP contribution < -0.4 is 0 Å². The van der Waals surface area contributed by atoms with Crippen LogP contribution in [0.4, 0.5) is 13.2 Å². The third-order valence-electron chi connectivity index (χ3n) is 5.47. The molecule has 9 heteroatoms. The van der Waals surface area contributed by atoms with Crippen molar-refractivity contribution in [3.05, 3.63) is 72.1 Å². The van der Waals surface area contributed by atoms with Crippen molar-refractivity contribution in [1.29, 1.82) is 0 Å². The Kier molecular flexibility index (Phi) is 4.53. The van der Waals surface area contributed by atoms with Crippen molar-refractivity contribution in [3.8, 4) is 11.6 Å². The topological polar surface area (TPSA) is 64.2 Å². The molecule has 0 saturated carbocycles. The molecule has 4 aromatic rings. The van der Waals surface area contributed by atoms with Gasteiger partial charge in [-0.3, -0.25) is 4.79 Å². The maximum absolute atomic E-state index is 12.9. The highest BCUT2D eigenvalue weighted by atomic mass is 19.4. The lowest BCUT2D eigenvalue weighted by Gasteiger charge is -2.19. The molecule has 31 heavy (non-hydrogen) atoms. The second kappa shape index (κ2) is 7.26. The number of imidazole rings is 1. The first kappa shape index (κ1) is 19.3. The molecule has 0 spiro atoms. The van der Waals surface area contributed by atoms with Crippen LogP contribution in [0.1, 0.15) is 28.4 Å². The number of fused-ring (bicyclic) bond motifs is 1. The Morgan fingerprint density at radius 2 is 1.90 bits per heavy atom. The van der Waals surface area contributed by atoms with Crippen LogP contribution in [0.5, 0.6) is 0 Å². The highest BCUT2D eigenvalue weighted by molar-refractivity contribution is 5.94. The predicted octanol–water partition coefficient (Wildman–Crippen LogP) is 4.80. The highest BCUT2D eigenvalue weighted by Crippen LogP contribution is 2.33. The van der Waals surface area contributed by atoms with E-state index >= 15 is 0 Å². The first-order valence-corrected chi connectivity index (χ1v) is 9.75. The number of likely N-dealkylation sites (tertiary alicyclic amines) is 1. The van der Waals surface area contributed by atoms with E-state index in [1.165, 1.54) is 12.1 Å². The number of hydrogen-bond acceptors (Lipinski definition) is 4. The fraction of sp³-hybridized carbons (Fsp3) is 0.227. The maximum Gasteiger partial charge on any atom is 0.416 e. The minimum absolute atomic E-state index is 0.0848. The zero-order chi connectivity index (χ0) is 21.6. The number of rotatable bonds is 3. The molecule has 1 aromatic carbocycles. The summed E-state index contributed by atoms with van der Waals surface area (Å²) < 4.78 is 45.9. The van der Waals surface area contributed by atoms with Gasteiger partial charge in [-0.1, -0.05) is 0 Å². The lowest BCUT2D eigenvalue weighted by molar-refractivity contribution is -0.137. The number of amides is 1. The van der Waals surface area contributed by atoms with Crippen LogP contribution in [0.15, 0.2) is 65.4 Å². The number of hydrogen-bond donors (Lipinski definition) is 0. The van der Waals surface area contributed by atoms with Crippen LogP contribution >= 0.6 is 0 Å². The van der Waals surface area contributed by atoms with E-state index in [2.05, 4.69) is 9.97 Å². The van der Waals surface area contributed by atoms with E-state index in [0.717, 1.165) is 17.6 Å². The Hall–Kier alpha value is -3.62. The molecule has 6 nitrogen and oxygen atoms in total. The summed E-state index contributed by atoms with van der Waals surface area (Å²) in [5.41, 5.74) is 0.875. The Labute approximate surface area is 174 Å². The van der Waals surface area contributed by atoms with E-state index in [9.17, 15) is 18.0 Å². The Bertz CT molecular complexity index is 1230. The average Bonchev–Trinajstić information content (AvgIpc) is 3.51. The van der Waals surface area contributed by atoms with Gasteiger partial charge in [0.15, 0.2) is 17.2 Å². The minimum Gasteiger partial charge on any atom is -0.461 e. The number of alkyl halides is 3. The van der Waals surface area contributed by atoms with Crippen molar-refractivity contribution in [2.24, 2.45) is 0 Å². The van der Waals surface area contributed by atoms with Gasteiger partial charge in [0.25, 0.3) is 5.91 Å². The molecule has 0 aliphatic carbocycles. The lowest BCUT2D eigenvalue weighted by Crippen LogP contribution is -2.29. The standard InChI is InChI=1S/C22H17F3N4O2/c23-22(24,25)15-7-5-14(6-8-15)21(30)28-11-9-16(13-28)29-19-17(3-1-10-26-19)27-20(29)18-4-2-12-31-18/h1-8,10,12,16H,9,11,13H2/t16-/m0/s1. The fourth-order valence-corrected chi connectivity index (χ4v) is 3.98. The van der Waals surface area contributed by atoms with Gasteiger partial charge in [-0.15, -0.1) is 0 Å². The molecule has 1 atom stereocenters. The number of carbonyl (C=O) groups excluding carboxylic acids is 1. The van der Waals surface area contributed by atoms with Crippen LogP contribution in [-0.4, -0.2) is 38.4 Å². The third kappa shape index (κ3) is 3.45. The Balaban J connectivity index is 1.43. The average molecular weight is 426 g/mol. The smallest absolute Gasteiger partial charge is 0.416 e. The van der Waals surface area contributed by atoms with Gasteiger partial charge < -0.3 is 13.9 Å². The van der Waals surface area contributed by atoms with Crippen molar-refractivity contribution in [2.75, 3.05) is 13.1 Å². The first-order valence-electron chi connectivity index (χ1n) is 9.75. The van der Waals surface area contributed by atoms with E-state index in [-0.39, 0.29) is 17.5 Å². The maximum atomic E-state index is 12.9. The van der Waals surface area contributed by atoms with Crippen molar-refractivity contribution in [1.82, 2.24) is 19.4 Å². The number of furan rings is 1. The normalized spacial score (nSPS) is 16.9. The molecule has 0 bridgehead atoms. The second-order valence-electron chi connectivity index (χ2n) is 7.40. The zero-order valence-corrected chi connectivity index (χ0v) is 16.2. The number of carbonyl (C=O) groups is 1. The monoisotopic (exact) mass is 426 g/mol. The molecule has 1 aliphatic rings. The van der Waals surface area contributed by atoms with E-state index in [0.29, 0.717) is 36.7 Å². The van der Waals surface area contributed by atoms with E-state index in [1.54, 1.807) is 29.5 Å². The Morgan fingerprint density at radius 1 is 1.10 bits per heavy atom. The van der Waals surface area contributed by atoms with Gasteiger partial charge in [0.05, 0.1) is 17.9 Å². The van der Waals surface area contributed by atoms with Gasteiger partial charge in [0.1, 0.15) is 5.52 Å². The van der Waals surface area contributed by atoms with Gasteiger partial charge >= 0.3 is 6.18 Å². The molecule has 1 saturated heterocycles. The largest absolute Gasteiger partial charge is 0.461 e. The molecule has 1 fully saturated rings. The summed E-state index contributed by atoms with van der Waals surface area (Å²) in [6, 6.07) is 11.5. The molecule has 0 unspecified atom stereocenters. The number of pyridine rings is 1. The van der Waals surface area contributed by atoms with Crippen LogP contribution in [0.3, 0.4) is 0 Å².